The monoisotopic (exact) mass is 496 g/mol. The molecule has 33 heavy (non-hydrogen) atoms. The minimum absolute atomic E-state index is 0.0121. The molecule has 1 atom stereocenters. The first-order valence-corrected chi connectivity index (χ1v) is 11.9. The Morgan fingerprint density at radius 3 is 2.48 bits per heavy atom. The van der Waals surface area contributed by atoms with Gasteiger partial charge in [-0.05, 0) is 42.5 Å². The summed E-state index contributed by atoms with van der Waals surface area (Å²) in [6.45, 7) is 0.233. The maximum atomic E-state index is 12.5. The van der Waals surface area contributed by atoms with Gasteiger partial charge in [-0.25, -0.2) is 12.7 Å². The number of anilines is 1. The summed E-state index contributed by atoms with van der Waals surface area (Å²) in [7, 11) is 0.890. The summed E-state index contributed by atoms with van der Waals surface area (Å²) in [6.07, 6.45) is 0.0250. The van der Waals surface area contributed by atoms with Gasteiger partial charge in [0.05, 0.1) is 23.6 Å². The van der Waals surface area contributed by atoms with Crippen LogP contribution in [-0.4, -0.2) is 65.6 Å². The highest BCUT2D eigenvalue weighted by Crippen LogP contribution is 2.35. The third kappa shape index (κ3) is 5.76. The Morgan fingerprint density at radius 2 is 1.85 bits per heavy atom. The number of benzene rings is 2. The number of nitrogens with zero attached hydrogens (tertiary/aromatic N) is 2. The number of carbonyl (C=O) groups excluding carboxylic acids is 2. The second-order valence-corrected chi connectivity index (χ2v) is 10.1. The van der Waals surface area contributed by atoms with E-state index in [1.807, 2.05) is 0 Å². The van der Waals surface area contributed by atoms with Crippen molar-refractivity contribution in [3.05, 3.63) is 47.5 Å². The number of amides is 1. The van der Waals surface area contributed by atoms with Crippen molar-refractivity contribution in [3.8, 4) is 11.5 Å². The molecule has 0 radical (unpaired) electrons. The molecule has 0 spiro atoms. The lowest BCUT2D eigenvalue weighted by Crippen LogP contribution is -2.27. The van der Waals surface area contributed by atoms with Crippen LogP contribution in [0.4, 0.5) is 5.69 Å². The minimum Gasteiger partial charge on any atom is -0.495 e. The molecule has 178 valence electrons. The molecule has 1 aliphatic rings. The summed E-state index contributed by atoms with van der Waals surface area (Å²) >= 11 is 6.05. The van der Waals surface area contributed by atoms with Gasteiger partial charge in [0.25, 0.3) is 0 Å². The Kier molecular flexibility index (Phi) is 7.83. The number of hydrogen-bond donors (Lipinski definition) is 0. The van der Waals surface area contributed by atoms with E-state index in [9.17, 15) is 18.0 Å². The third-order valence-electron chi connectivity index (χ3n) is 5.09. The van der Waals surface area contributed by atoms with Gasteiger partial charge < -0.3 is 19.1 Å². The van der Waals surface area contributed by atoms with Crippen LogP contribution in [0.25, 0.3) is 0 Å². The molecular weight excluding hydrogens is 472 g/mol. The number of ether oxygens (including phenoxy) is 3. The van der Waals surface area contributed by atoms with Gasteiger partial charge in [0.2, 0.25) is 15.9 Å². The molecule has 2 aromatic rings. The Balaban J connectivity index is 1.50. The van der Waals surface area contributed by atoms with E-state index >= 15 is 0 Å². The van der Waals surface area contributed by atoms with Gasteiger partial charge >= 0.3 is 5.97 Å². The smallest absolute Gasteiger partial charge is 0.311 e. The molecule has 0 bridgehead atoms. The average Bonchev–Trinajstić information content (AvgIpc) is 3.18. The van der Waals surface area contributed by atoms with Gasteiger partial charge in [0.15, 0.2) is 0 Å². The highest BCUT2D eigenvalue weighted by Gasteiger charge is 2.37. The summed E-state index contributed by atoms with van der Waals surface area (Å²) in [5.74, 6) is -0.403. The number of hydrogen-bond acceptors (Lipinski definition) is 7. The fourth-order valence-corrected chi connectivity index (χ4v) is 4.38. The zero-order valence-corrected chi connectivity index (χ0v) is 20.1. The van der Waals surface area contributed by atoms with Gasteiger partial charge in [-0.1, -0.05) is 11.6 Å². The zero-order valence-electron chi connectivity index (χ0n) is 18.5. The largest absolute Gasteiger partial charge is 0.495 e. The fraction of sp³-hybridized carbons (Fsp3) is 0.364. The number of methoxy groups -OCH3 is 1. The SMILES string of the molecule is COc1ccc(Cl)cc1N1CC(C(=O)OCCOc2ccc(S(=O)(=O)N(C)C)cc2)CC1=O. The van der Waals surface area contributed by atoms with E-state index in [0.717, 1.165) is 4.31 Å². The second kappa shape index (κ2) is 10.4. The van der Waals surface area contributed by atoms with Gasteiger partial charge in [-0.2, -0.15) is 0 Å². The van der Waals surface area contributed by atoms with Crippen LogP contribution in [0, 0.1) is 5.92 Å². The van der Waals surface area contributed by atoms with Crippen LogP contribution in [0.3, 0.4) is 0 Å². The summed E-state index contributed by atoms with van der Waals surface area (Å²) in [5, 5.41) is 0.453. The fourth-order valence-electron chi connectivity index (χ4n) is 3.31. The molecule has 1 saturated heterocycles. The van der Waals surface area contributed by atoms with Crippen LogP contribution < -0.4 is 14.4 Å². The molecule has 3 rings (SSSR count). The minimum atomic E-state index is -3.51. The van der Waals surface area contributed by atoms with Gasteiger partial charge in [-0.3, -0.25) is 9.59 Å². The maximum Gasteiger partial charge on any atom is 0.311 e. The van der Waals surface area contributed by atoms with Crippen molar-refractivity contribution >= 4 is 39.2 Å². The van der Waals surface area contributed by atoms with E-state index in [4.69, 9.17) is 25.8 Å². The molecule has 1 heterocycles. The Morgan fingerprint density at radius 1 is 1.15 bits per heavy atom. The summed E-state index contributed by atoms with van der Waals surface area (Å²) in [4.78, 5) is 26.5. The van der Waals surface area contributed by atoms with E-state index in [1.54, 1.807) is 18.2 Å². The normalized spacial score (nSPS) is 16.2. The molecule has 1 fully saturated rings. The van der Waals surface area contributed by atoms with E-state index in [0.29, 0.717) is 22.2 Å². The van der Waals surface area contributed by atoms with Gasteiger partial charge in [0.1, 0.15) is 24.7 Å². The number of esters is 1. The van der Waals surface area contributed by atoms with Crippen LogP contribution in [0.15, 0.2) is 47.4 Å². The van der Waals surface area contributed by atoms with E-state index < -0.39 is 21.9 Å². The standard InChI is InChI=1S/C22H25ClN2O7S/c1-24(2)33(28,29)18-7-5-17(6-8-18)31-10-11-32-22(27)15-12-21(26)25(14-15)19-13-16(23)4-9-20(19)30-3/h4-9,13,15H,10-12,14H2,1-3H3. The van der Waals surface area contributed by atoms with Crippen LogP contribution in [0.5, 0.6) is 11.5 Å². The number of sulfonamides is 1. The van der Waals surface area contributed by atoms with Crippen LogP contribution in [-0.2, 0) is 24.3 Å². The average molecular weight is 497 g/mol. The van der Waals surface area contributed by atoms with Gasteiger partial charge in [-0.15, -0.1) is 0 Å². The van der Waals surface area contributed by atoms with Crippen LogP contribution in [0.1, 0.15) is 6.42 Å². The molecule has 11 heteroatoms. The van der Waals surface area contributed by atoms with Crippen molar-refractivity contribution in [2.24, 2.45) is 5.92 Å². The highest BCUT2D eigenvalue weighted by molar-refractivity contribution is 7.89. The van der Waals surface area contributed by atoms with Crippen molar-refractivity contribution in [1.29, 1.82) is 0 Å². The summed E-state index contributed by atoms with van der Waals surface area (Å²) in [6, 6.07) is 10.9. The lowest BCUT2D eigenvalue weighted by Gasteiger charge is -2.19. The molecule has 9 nitrogen and oxygen atoms in total. The lowest BCUT2D eigenvalue weighted by atomic mass is 10.1. The van der Waals surface area contributed by atoms with E-state index in [-0.39, 0.29) is 37.0 Å². The quantitative estimate of drug-likeness (QED) is 0.388. The first kappa shape index (κ1) is 24.8. The molecule has 0 aliphatic carbocycles. The molecular formula is C22H25ClN2O7S. The maximum absolute atomic E-state index is 12.5. The predicted octanol–water partition coefficient (Wildman–Crippen LogP) is 2.57. The number of rotatable bonds is 9. The summed E-state index contributed by atoms with van der Waals surface area (Å²) < 4.78 is 41.4. The topological polar surface area (TPSA) is 102 Å². The van der Waals surface area contributed by atoms with Crippen LogP contribution >= 0.6 is 11.6 Å². The van der Waals surface area contributed by atoms with E-state index in [1.165, 1.54) is 50.4 Å². The number of carbonyl (C=O) groups is 2. The molecule has 0 aromatic heterocycles. The lowest BCUT2D eigenvalue weighted by molar-refractivity contribution is -0.149. The first-order valence-electron chi connectivity index (χ1n) is 10.1. The van der Waals surface area contributed by atoms with Crippen molar-refractivity contribution in [1.82, 2.24) is 4.31 Å². The van der Waals surface area contributed by atoms with Crippen molar-refractivity contribution in [2.75, 3.05) is 45.9 Å². The summed E-state index contributed by atoms with van der Waals surface area (Å²) in [5.41, 5.74) is 0.508. The molecule has 0 N–H and O–H groups in total. The highest BCUT2D eigenvalue weighted by atomic mass is 35.5. The first-order chi connectivity index (χ1) is 15.6. The predicted molar refractivity (Wildman–Crippen MR) is 122 cm³/mol. The van der Waals surface area contributed by atoms with Crippen molar-refractivity contribution in [3.63, 3.8) is 0 Å². The third-order valence-corrected chi connectivity index (χ3v) is 7.15. The zero-order chi connectivity index (χ0) is 24.2. The molecule has 0 saturated carbocycles. The van der Waals surface area contributed by atoms with Crippen molar-refractivity contribution in [2.45, 2.75) is 11.3 Å². The Hall–Kier alpha value is -2.82. The molecule has 1 unspecified atom stereocenters. The molecule has 2 aromatic carbocycles. The molecule has 1 aliphatic heterocycles. The van der Waals surface area contributed by atoms with Crippen molar-refractivity contribution < 1.29 is 32.2 Å². The second-order valence-electron chi connectivity index (χ2n) is 7.50. The van der Waals surface area contributed by atoms with Crippen LogP contribution in [0.2, 0.25) is 5.02 Å². The Bertz CT molecular complexity index is 1120. The number of halogens is 1. The van der Waals surface area contributed by atoms with E-state index in [2.05, 4.69) is 0 Å². The Labute approximate surface area is 197 Å². The molecule has 1 amide bonds. The van der Waals surface area contributed by atoms with Gasteiger partial charge in [0, 0.05) is 32.1 Å².